The van der Waals surface area contributed by atoms with Gasteiger partial charge in [0.2, 0.25) is 17.7 Å². The molecule has 43 heavy (non-hydrogen) atoms. The number of aromatic nitrogens is 1. The highest BCUT2D eigenvalue weighted by Crippen LogP contribution is 2.54. The minimum atomic E-state index is -0.792. The number of anilines is 2. The summed E-state index contributed by atoms with van der Waals surface area (Å²) in [6.07, 6.45) is 0. The molecule has 2 aliphatic heterocycles. The Labute approximate surface area is 256 Å². The lowest BCUT2D eigenvalue weighted by Crippen LogP contribution is -2.33. The molecule has 0 bridgehead atoms. The molecule has 0 spiro atoms. The zero-order chi connectivity index (χ0) is 30.4. The Morgan fingerprint density at radius 2 is 1.51 bits per heavy atom. The van der Waals surface area contributed by atoms with Crippen LogP contribution in [0.3, 0.4) is 0 Å². The van der Waals surface area contributed by atoms with Gasteiger partial charge < -0.3 is 14.8 Å². The number of amides is 3. The molecular weight excluding hydrogens is 587 g/mol. The first-order valence-electron chi connectivity index (χ1n) is 13.6. The fourth-order valence-corrected chi connectivity index (χ4v) is 8.36. The zero-order valence-electron chi connectivity index (χ0n) is 24.0. The lowest BCUT2D eigenvalue weighted by Gasteiger charge is -2.31. The average Bonchev–Trinajstić information content (AvgIpc) is 3.44. The predicted octanol–water partition coefficient (Wildman–Crippen LogP) is 4.98. The summed E-state index contributed by atoms with van der Waals surface area (Å²) in [5.74, 6) is -1.46. The summed E-state index contributed by atoms with van der Waals surface area (Å²) in [5, 5.41) is 2.57. The maximum atomic E-state index is 14.1. The van der Waals surface area contributed by atoms with E-state index in [0.29, 0.717) is 38.3 Å². The Morgan fingerprint density at radius 1 is 0.860 bits per heavy atom. The van der Waals surface area contributed by atoms with Crippen molar-refractivity contribution in [3.63, 3.8) is 0 Å². The van der Waals surface area contributed by atoms with Crippen LogP contribution in [0.15, 0.2) is 76.6 Å². The molecule has 6 rings (SSSR count). The minimum absolute atomic E-state index is 0.231. The third-order valence-electron chi connectivity index (χ3n) is 7.75. The van der Waals surface area contributed by atoms with E-state index in [0.717, 1.165) is 22.5 Å². The number of rotatable bonds is 7. The van der Waals surface area contributed by atoms with Crippen LogP contribution in [0.25, 0.3) is 0 Å². The number of fused-ring (bicyclic) bond motifs is 2. The van der Waals surface area contributed by atoms with E-state index >= 15 is 0 Å². The number of hydrogen-bond acceptors (Lipinski definition) is 8. The number of thioether (sulfide) groups is 1. The van der Waals surface area contributed by atoms with Crippen molar-refractivity contribution in [1.29, 1.82) is 0 Å². The Hall–Kier alpha value is -4.35. The van der Waals surface area contributed by atoms with Crippen LogP contribution >= 0.6 is 23.1 Å². The number of aryl methyl sites for hydroxylation is 2. The lowest BCUT2D eigenvalue weighted by atomic mass is 9.83. The summed E-state index contributed by atoms with van der Waals surface area (Å²) in [6, 6.07) is 20.0. The minimum Gasteiger partial charge on any atom is -0.493 e. The molecule has 1 fully saturated rings. The summed E-state index contributed by atoms with van der Waals surface area (Å²) < 4.78 is 12.4. The van der Waals surface area contributed by atoms with Crippen molar-refractivity contribution in [2.75, 3.05) is 24.4 Å². The molecule has 1 N–H and O–H groups in total. The van der Waals surface area contributed by atoms with Crippen molar-refractivity contribution < 1.29 is 23.9 Å². The van der Waals surface area contributed by atoms with Gasteiger partial charge in [-0.15, -0.1) is 0 Å². The molecule has 3 amide bonds. The number of carbonyl (C=O) groups excluding carboxylic acids is 3. The first kappa shape index (κ1) is 28.8. The van der Waals surface area contributed by atoms with E-state index in [-0.39, 0.29) is 29.1 Å². The van der Waals surface area contributed by atoms with Crippen LogP contribution in [0.1, 0.15) is 27.5 Å². The van der Waals surface area contributed by atoms with E-state index in [1.807, 2.05) is 44.2 Å². The fraction of sp³-hybridized carbons (Fsp3) is 0.250. The maximum absolute atomic E-state index is 14.1. The second-order valence-electron chi connectivity index (χ2n) is 10.5. The molecule has 220 valence electrons. The second-order valence-corrected chi connectivity index (χ2v) is 12.7. The number of thiazole rings is 1. The Balaban J connectivity index is 1.43. The highest BCUT2D eigenvalue weighted by atomic mass is 32.2. The third kappa shape index (κ3) is 5.12. The first-order chi connectivity index (χ1) is 20.7. The van der Waals surface area contributed by atoms with Crippen LogP contribution in [-0.2, 0) is 20.9 Å². The van der Waals surface area contributed by atoms with Gasteiger partial charge in [0.1, 0.15) is 11.8 Å². The number of nitrogens with zero attached hydrogens (tertiary/aromatic N) is 2. The van der Waals surface area contributed by atoms with Crippen molar-refractivity contribution in [1.82, 2.24) is 4.57 Å². The summed E-state index contributed by atoms with van der Waals surface area (Å²) in [4.78, 5) is 56.1. The number of nitrogens with one attached hydrogen (secondary N) is 1. The second kappa shape index (κ2) is 11.4. The van der Waals surface area contributed by atoms with Gasteiger partial charge in [0, 0.05) is 16.5 Å². The smallest absolute Gasteiger partial charge is 0.308 e. The molecule has 0 aliphatic carbocycles. The molecule has 0 unspecified atom stereocenters. The number of ether oxygens (including phenoxy) is 2. The maximum Gasteiger partial charge on any atom is 0.308 e. The normalized spacial score (nSPS) is 19.2. The van der Waals surface area contributed by atoms with Crippen molar-refractivity contribution >= 4 is 52.2 Å². The molecule has 3 atom stereocenters. The third-order valence-corrected chi connectivity index (χ3v) is 10.3. The van der Waals surface area contributed by atoms with Gasteiger partial charge in [-0.05, 0) is 55.8 Å². The van der Waals surface area contributed by atoms with Crippen molar-refractivity contribution in [2.45, 2.75) is 36.6 Å². The van der Waals surface area contributed by atoms with Gasteiger partial charge in [0.25, 0.3) is 0 Å². The molecule has 1 aromatic heterocycles. The standard InChI is InChI=1S/C32H29N3O6S2/c1-17-5-10-20(11-6-17)33-24(36)16-34-31-28(43-32(34)39)25(19-9-14-22(40-3)23(15-19)41-4)26-27(42-31)30(38)35(29(26)37)21-12-7-18(2)8-13-21/h5-15,25-27H,16H2,1-4H3,(H,33,36)/t25-,26+,27-/m0/s1. The van der Waals surface area contributed by atoms with Gasteiger partial charge in [0.05, 0.1) is 30.9 Å². The van der Waals surface area contributed by atoms with Crippen LogP contribution in [0, 0.1) is 19.8 Å². The quantitative estimate of drug-likeness (QED) is 0.293. The van der Waals surface area contributed by atoms with Crippen LogP contribution in [0.4, 0.5) is 11.4 Å². The van der Waals surface area contributed by atoms with Gasteiger partial charge >= 0.3 is 4.87 Å². The van der Waals surface area contributed by atoms with Crippen molar-refractivity contribution in [3.05, 3.63) is 98.0 Å². The van der Waals surface area contributed by atoms with Gasteiger partial charge in [-0.25, -0.2) is 4.90 Å². The number of imide groups is 1. The molecule has 11 heteroatoms. The molecule has 3 aromatic carbocycles. The van der Waals surface area contributed by atoms with E-state index in [4.69, 9.17) is 9.47 Å². The molecule has 3 heterocycles. The molecule has 0 saturated carbocycles. The van der Waals surface area contributed by atoms with Gasteiger partial charge in [-0.1, -0.05) is 64.6 Å². The summed E-state index contributed by atoms with van der Waals surface area (Å²) in [7, 11) is 3.06. The molecule has 2 aliphatic rings. The van der Waals surface area contributed by atoms with Crippen molar-refractivity contribution in [3.8, 4) is 11.5 Å². The van der Waals surface area contributed by atoms with Gasteiger partial charge in [0.15, 0.2) is 11.5 Å². The van der Waals surface area contributed by atoms with Crippen LogP contribution in [-0.4, -0.2) is 41.8 Å². The first-order valence-corrected chi connectivity index (χ1v) is 15.3. The number of benzene rings is 3. The predicted molar refractivity (Wildman–Crippen MR) is 167 cm³/mol. The van der Waals surface area contributed by atoms with E-state index in [9.17, 15) is 19.2 Å². The zero-order valence-corrected chi connectivity index (χ0v) is 25.6. The number of carbonyl (C=O) groups is 3. The number of hydrogen-bond donors (Lipinski definition) is 1. The van der Waals surface area contributed by atoms with Gasteiger partial charge in [-0.2, -0.15) is 0 Å². The Bertz CT molecular complexity index is 1800. The van der Waals surface area contributed by atoms with Crippen LogP contribution < -0.4 is 24.6 Å². The summed E-state index contributed by atoms with van der Waals surface area (Å²) >= 11 is 2.18. The fourth-order valence-electron chi connectivity index (χ4n) is 5.59. The molecule has 0 radical (unpaired) electrons. The van der Waals surface area contributed by atoms with Gasteiger partial charge in [-0.3, -0.25) is 23.7 Å². The van der Waals surface area contributed by atoms with E-state index in [2.05, 4.69) is 5.32 Å². The molecule has 4 aromatic rings. The topological polar surface area (TPSA) is 107 Å². The van der Waals surface area contributed by atoms with E-state index in [1.54, 1.807) is 36.4 Å². The highest BCUT2D eigenvalue weighted by Gasteiger charge is 2.57. The molecule has 9 nitrogen and oxygen atoms in total. The Kier molecular flexibility index (Phi) is 7.61. The summed E-state index contributed by atoms with van der Waals surface area (Å²) in [5.41, 5.74) is 3.89. The van der Waals surface area contributed by atoms with Crippen LogP contribution in [0.5, 0.6) is 11.5 Å². The van der Waals surface area contributed by atoms with E-state index < -0.39 is 17.1 Å². The largest absolute Gasteiger partial charge is 0.493 e. The van der Waals surface area contributed by atoms with Crippen molar-refractivity contribution in [2.24, 2.45) is 5.92 Å². The monoisotopic (exact) mass is 615 g/mol. The Morgan fingerprint density at radius 3 is 2.16 bits per heavy atom. The summed E-state index contributed by atoms with van der Waals surface area (Å²) in [6.45, 7) is 3.66. The van der Waals surface area contributed by atoms with Crippen LogP contribution in [0.2, 0.25) is 0 Å². The number of methoxy groups -OCH3 is 2. The average molecular weight is 616 g/mol. The SMILES string of the molecule is COc1ccc([C@@H]2c3sc(=O)n(CC(=O)Nc4ccc(C)cc4)c3S[C@@H]3C(=O)N(c4ccc(C)cc4)C(=O)[C@H]23)cc1OC. The lowest BCUT2D eigenvalue weighted by molar-refractivity contribution is -0.122. The molecular formula is C32H29N3O6S2. The van der Waals surface area contributed by atoms with E-state index in [1.165, 1.54) is 35.4 Å². The molecule has 1 saturated heterocycles. The highest BCUT2D eigenvalue weighted by molar-refractivity contribution is 8.00.